The number of carbonyl (C=O) groups excluding carboxylic acids is 2. The predicted octanol–water partition coefficient (Wildman–Crippen LogP) is 4.72. The topological polar surface area (TPSA) is 79.9 Å². The molecule has 3 aromatic carbocycles. The lowest BCUT2D eigenvalue weighted by molar-refractivity contribution is -0.117. The molecule has 0 aromatic heterocycles. The van der Waals surface area contributed by atoms with Crippen LogP contribution >= 0.6 is 0 Å². The molecule has 1 aliphatic heterocycles. The molecule has 0 aliphatic carbocycles. The minimum atomic E-state index is -0.326. The van der Waals surface area contributed by atoms with E-state index in [9.17, 15) is 9.59 Å². The zero-order valence-corrected chi connectivity index (χ0v) is 18.5. The summed E-state index contributed by atoms with van der Waals surface area (Å²) in [6.45, 7) is 1.51. The van der Waals surface area contributed by atoms with Gasteiger partial charge in [0.1, 0.15) is 18.1 Å². The summed E-state index contributed by atoms with van der Waals surface area (Å²) in [6, 6.07) is 22.5. The molecule has 3 amide bonds. The fourth-order valence-electron chi connectivity index (χ4n) is 3.75. The minimum Gasteiger partial charge on any atom is -0.494 e. The molecular weight excluding hydrogens is 418 g/mol. The van der Waals surface area contributed by atoms with Crippen LogP contribution in [0.5, 0.6) is 11.5 Å². The predicted molar refractivity (Wildman–Crippen MR) is 128 cm³/mol. The first-order chi connectivity index (χ1) is 16.1. The quantitative estimate of drug-likeness (QED) is 0.526. The van der Waals surface area contributed by atoms with Crippen LogP contribution in [0.4, 0.5) is 16.2 Å². The molecule has 3 aromatic rings. The second-order valence-electron chi connectivity index (χ2n) is 7.76. The second kappa shape index (κ2) is 10.5. The SMILES string of the molecule is COc1cc(NC(=O)NCc2cccc(COc3ccccc3)c2)ccc1N1CCCC1=O. The van der Waals surface area contributed by atoms with Gasteiger partial charge in [0.15, 0.2) is 0 Å². The number of rotatable bonds is 8. The normalized spacial score (nSPS) is 13.0. The van der Waals surface area contributed by atoms with Crippen LogP contribution in [0.2, 0.25) is 0 Å². The van der Waals surface area contributed by atoms with E-state index in [4.69, 9.17) is 9.47 Å². The van der Waals surface area contributed by atoms with Crippen LogP contribution in [-0.4, -0.2) is 25.6 Å². The number of ether oxygens (including phenoxy) is 2. The van der Waals surface area contributed by atoms with Crippen molar-refractivity contribution in [2.24, 2.45) is 0 Å². The van der Waals surface area contributed by atoms with Crippen molar-refractivity contribution in [3.05, 3.63) is 83.9 Å². The largest absolute Gasteiger partial charge is 0.494 e. The Morgan fingerprint density at radius 1 is 1.00 bits per heavy atom. The molecule has 0 radical (unpaired) electrons. The van der Waals surface area contributed by atoms with Gasteiger partial charge < -0.3 is 25.0 Å². The Labute approximate surface area is 193 Å². The highest BCUT2D eigenvalue weighted by atomic mass is 16.5. The molecule has 7 nitrogen and oxygen atoms in total. The van der Waals surface area contributed by atoms with Gasteiger partial charge in [0.05, 0.1) is 12.8 Å². The molecule has 170 valence electrons. The number of nitrogens with one attached hydrogen (secondary N) is 2. The summed E-state index contributed by atoms with van der Waals surface area (Å²) in [4.78, 5) is 26.2. The highest BCUT2D eigenvalue weighted by molar-refractivity contribution is 5.97. The molecule has 0 spiro atoms. The van der Waals surface area contributed by atoms with Crippen LogP contribution < -0.4 is 25.0 Å². The monoisotopic (exact) mass is 445 g/mol. The summed E-state index contributed by atoms with van der Waals surface area (Å²) in [7, 11) is 1.55. The van der Waals surface area contributed by atoms with E-state index in [1.54, 1.807) is 30.2 Å². The Bertz CT molecular complexity index is 1120. The Hall–Kier alpha value is -4.00. The fraction of sp³-hybridized carbons (Fsp3) is 0.231. The summed E-state index contributed by atoms with van der Waals surface area (Å²) >= 11 is 0. The first kappa shape index (κ1) is 22.2. The van der Waals surface area contributed by atoms with Gasteiger partial charge in [0.2, 0.25) is 5.91 Å². The summed E-state index contributed by atoms with van der Waals surface area (Å²) in [5.74, 6) is 1.45. The number of hydrogen-bond acceptors (Lipinski definition) is 4. The van der Waals surface area contributed by atoms with Gasteiger partial charge in [0, 0.05) is 31.3 Å². The van der Waals surface area contributed by atoms with E-state index >= 15 is 0 Å². The maximum absolute atomic E-state index is 12.4. The molecule has 7 heteroatoms. The van der Waals surface area contributed by atoms with Gasteiger partial charge in [-0.15, -0.1) is 0 Å². The summed E-state index contributed by atoms with van der Waals surface area (Å²) in [6.07, 6.45) is 1.38. The number of para-hydroxylation sites is 1. The maximum atomic E-state index is 12.4. The Kier molecular flexibility index (Phi) is 7.09. The van der Waals surface area contributed by atoms with Crippen molar-refractivity contribution >= 4 is 23.3 Å². The maximum Gasteiger partial charge on any atom is 0.319 e. The van der Waals surface area contributed by atoms with E-state index < -0.39 is 0 Å². The van der Waals surface area contributed by atoms with Crippen LogP contribution in [0, 0.1) is 0 Å². The lowest BCUT2D eigenvalue weighted by Gasteiger charge is -2.19. The van der Waals surface area contributed by atoms with Crippen molar-refractivity contribution in [2.75, 3.05) is 23.9 Å². The summed E-state index contributed by atoms with van der Waals surface area (Å²) in [5, 5.41) is 5.69. The van der Waals surface area contributed by atoms with Crippen molar-refractivity contribution in [2.45, 2.75) is 26.0 Å². The van der Waals surface area contributed by atoms with Crippen LogP contribution in [0.1, 0.15) is 24.0 Å². The lowest BCUT2D eigenvalue weighted by atomic mass is 10.1. The molecule has 0 saturated carbocycles. The number of hydrogen-bond donors (Lipinski definition) is 2. The average Bonchev–Trinajstić information content (AvgIpc) is 3.28. The van der Waals surface area contributed by atoms with E-state index in [-0.39, 0.29) is 11.9 Å². The molecule has 2 N–H and O–H groups in total. The highest BCUT2D eigenvalue weighted by Crippen LogP contribution is 2.33. The first-order valence-electron chi connectivity index (χ1n) is 10.9. The minimum absolute atomic E-state index is 0.0863. The number of methoxy groups -OCH3 is 1. The van der Waals surface area contributed by atoms with E-state index in [0.717, 1.165) is 29.0 Å². The van der Waals surface area contributed by atoms with Gasteiger partial charge in [-0.1, -0.05) is 42.5 Å². The number of anilines is 2. The number of amides is 3. The third-order valence-electron chi connectivity index (χ3n) is 5.39. The van der Waals surface area contributed by atoms with Crippen LogP contribution in [0.25, 0.3) is 0 Å². The molecule has 1 heterocycles. The molecule has 1 saturated heterocycles. The van der Waals surface area contributed by atoms with Crippen molar-refractivity contribution in [3.63, 3.8) is 0 Å². The average molecular weight is 446 g/mol. The molecule has 0 atom stereocenters. The molecule has 0 unspecified atom stereocenters. The van der Waals surface area contributed by atoms with Crippen molar-refractivity contribution < 1.29 is 19.1 Å². The number of nitrogens with zero attached hydrogens (tertiary/aromatic N) is 1. The standard InChI is InChI=1S/C26H27N3O4/c1-32-24-16-21(12-13-23(24)29-14-6-11-25(29)30)28-26(31)27-17-19-7-5-8-20(15-19)18-33-22-9-3-2-4-10-22/h2-5,7-10,12-13,15-16H,6,11,14,17-18H2,1H3,(H2,27,28,31). The van der Waals surface area contributed by atoms with Crippen LogP contribution in [0.3, 0.4) is 0 Å². The smallest absolute Gasteiger partial charge is 0.319 e. The van der Waals surface area contributed by atoms with E-state index in [1.165, 1.54) is 0 Å². The fourth-order valence-corrected chi connectivity index (χ4v) is 3.75. The second-order valence-corrected chi connectivity index (χ2v) is 7.76. The number of urea groups is 1. The Morgan fingerprint density at radius 2 is 1.82 bits per heavy atom. The zero-order valence-electron chi connectivity index (χ0n) is 18.5. The summed E-state index contributed by atoms with van der Waals surface area (Å²) < 4.78 is 11.2. The van der Waals surface area contributed by atoms with Gasteiger partial charge in [-0.25, -0.2) is 4.79 Å². The third-order valence-corrected chi connectivity index (χ3v) is 5.39. The number of carbonyl (C=O) groups is 2. The molecule has 0 bridgehead atoms. The Morgan fingerprint density at radius 3 is 2.58 bits per heavy atom. The van der Waals surface area contributed by atoms with Gasteiger partial charge in [-0.2, -0.15) is 0 Å². The van der Waals surface area contributed by atoms with Gasteiger partial charge >= 0.3 is 6.03 Å². The molecule has 1 aliphatic rings. The summed E-state index contributed by atoms with van der Waals surface area (Å²) in [5.41, 5.74) is 3.31. The van der Waals surface area contributed by atoms with Gasteiger partial charge in [-0.05, 0) is 41.8 Å². The van der Waals surface area contributed by atoms with E-state index in [0.29, 0.717) is 37.6 Å². The first-order valence-corrected chi connectivity index (χ1v) is 10.9. The van der Waals surface area contributed by atoms with Gasteiger partial charge in [-0.3, -0.25) is 4.79 Å². The molecule has 1 fully saturated rings. The highest BCUT2D eigenvalue weighted by Gasteiger charge is 2.24. The van der Waals surface area contributed by atoms with Gasteiger partial charge in [0.25, 0.3) is 0 Å². The van der Waals surface area contributed by atoms with Crippen LogP contribution in [-0.2, 0) is 17.9 Å². The van der Waals surface area contributed by atoms with Crippen molar-refractivity contribution in [1.29, 1.82) is 0 Å². The molecule has 4 rings (SSSR count). The zero-order chi connectivity index (χ0) is 23.0. The Balaban J connectivity index is 1.31. The molecule has 33 heavy (non-hydrogen) atoms. The van der Waals surface area contributed by atoms with E-state index in [1.807, 2.05) is 54.6 Å². The lowest BCUT2D eigenvalue weighted by Crippen LogP contribution is -2.28. The van der Waals surface area contributed by atoms with Crippen LogP contribution in [0.15, 0.2) is 72.8 Å². The molecular formula is C26H27N3O4. The van der Waals surface area contributed by atoms with Crippen molar-refractivity contribution in [1.82, 2.24) is 5.32 Å². The number of benzene rings is 3. The van der Waals surface area contributed by atoms with Crippen molar-refractivity contribution in [3.8, 4) is 11.5 Å². The van der Waals surface area contributed by atoms with E-state index in [2.05, 4.69) is 10.6 Å². The third kappa shape index (κ3) is 5.83.